The molecule has 0 aromatic carbocycles. The van der Waals surface area contributed by atoms with Crippen LogP contribution in [0.15, 0.2) is 0 Å². The van der Waals surface area contributed by atoms with Crippen LogP contribution < -0.4 is 0 Å². The van der Waals surface area contributed by atoms with Gasteiger partial charge in [-0.2, -0.15) is 0 Å². The molecule has 0 aliphatic rings. The van der Waals surface area contributed by atoms with E-state index in [-0.39, 0.29) is 18.0 Å². The molecule has 166 valence electrons. The van der Waals surface area contributed by atoms with Gasteiger partial charge in [0.1, 0.15) is 6.10 Å². The van der Waals surface area contributed by atoms with Crippen LogP contribution in [0.4, 0.5) is 0 Å². The summed E-state index contributed by atoms with van der Waals surface area (Å²) < 4.78 is 10.8. The van der Waals surface area contributed by atoms with E-state index in [1.807, 2.05) is 0 Å². The quantitative estimate of drug-likeness (QED) is 0.162. The second kappa shape index (κ2) is 20.7. The summed E-state index contributed by atoms with van der Waals surface area (Å²) in [5.74, 6) is -0.266. The minimum Gasteiger partial charge on any atom is -0.466 e. The van der Waals surface area contributed by atoms with E-state index in [2.05, 4.69) is 20.8 Å². The molecule has 0 saturated carbocycles. The predicted octanol–water partition coefficient (Wildman–Crippen LogP) is 7.13. The van der Waals surface area contributed by atoms with E-state index >= 15 is 0 Å². The fourth-order valence-electron chi connectivity index (χ4n) is 3.36. The SMILES string of the molecule is CCCCCCCCCCCOC(=O)CCCCC(=O)OC(CCC)CCC. The lowest BCUT2D eigenvalue weighted by molar-refractivity contribution is -0.150. The van der Waals surface area contributed by atoms with Gasteiger partial charge >= 0.3 is 11.9 Å². The zero-order valence-electron chi connectivity index (χ0n) is 18.9. The normalized spacial score (nSPS) is 11.0. The Labute approximate surface area is 174 Å². The lowest BCUT2D eigenvalue weighted by Gasteiger charge is -2.16. The van der Waals surface area contributed by atoms with Crippen molar-refractivity contribution < 1.29 is 19.1 Å². The van der Waals surface area contributed by atoms with E-state index in [0.717, 1.165) is 38.5 Å². The van der Waals surface area contributed by atoms with Gasteiger partial charge in [-0.05, 0) is 32.1 Å². The van der Waals surface area contributed by atoms with E-state index in [9.17, 15) is 9.59 Å². The molecule has 0 bridgehead atoms. The van der Waals surface area contributed by atoms with E-state index < -0.39 is 0 Å². The second-order valence-corrected chi connectivity index (χ2v) is 7.95. The molecule has 0 amide bonds. The third-order valence-electron chi connectivity index (χ3n) is 5.04. The number of ether oxygens (including phenoxy) is 2. The van der Waals surface area contributed by atoms with Gasteiger partial charge in [-0.15, -0.1) is 0 Å². The molecule has 4 heteroatoms. The molecule has 0 heterocycles. The van der Waals surface area contributed by atoms with E-state index in [0.29, 0.717) is 32.3 Å². The molecule has 0 aromatic rings. The van der Waals surface area contributed by atoms with Crippen LogP contribution in [0.25, 0.3) is 0 Å². The van der Waals surface area contributed by atoms with E-state index in [4.69, 9.17) is 9.47 Å². The summed E-state index contributed by atoms with van der Waals surface area (Å²) >= 11 is 0. The summed E-state index contributed by atoms with van der Waals surface area (Å²) in [4.78, 5) is 23.6. The molecule has 0 saturated heterocycles. The second-order valence-electron chi connectivity index (χ2n) is 7.95. The zero-order valence-corrected chi connectivity index (χ0v) is 18.9. The predicted molar refractivity (Wildman–Crippen MR) is 116 cm³/mol. The highest BCUT2D eigenvalue weighted by Crippen LogP contribution is 2.12. The van der Waals surface area contributed by atoms with E-state index in [1.165, 1.54) is 44.9 Å². The van der Waals surface area contributed by atoms with Crippen LogP contribution in [0.2, 0.25) is 0 Å². The van der Waals surface area contributed by atoms with Crippen LogP contribution in [-0.4, -0.2) is 24.6 Å². The van der Waals surface area contributed by atoms with Gasteiger partial charge in [0.2, 0.25) is 0 Å². The monoisotopic (exact) mass is 398 g/mol. The average Bonchev–Trinajstić information content (AvgIpc) is 2.67. The first-order chi connectivity index (χ1) is 13.6. The first-order valence-electron chi connectivity index (χ1n) is 12.0. The summed E-state index contributed by atoms with van der Waals surface area (Å²) in [5, 5.41) is 0. The van der Waals surface area contributed by atoms with Crippen molar-refractivity contribution in [2.24, 2.45) is 0 Å². The number of carbonyl (C=O) groups excluding carboxylic acids is 2. The van der Waals surface area contributed by atoms with Crippen LogP contribution >= 0.6 is 0 Å². The summed E-state index contributed by atoms with van der Waals surface area (Å²) in [6, 6.07) is 0. The zero-order chi connectivity index (χ0) is 20.9. The molecule has 4 nitrogen and oxygen atoms in total. The van der Waals surface area contributed by atoms with Gasteiger partial charge in [0, 0.05) is 12.8 Å². The molecule has 0 rings (SSSR count). The number of hydrogen-bond acceptors (Lipinski definition) is 4. The van der Waals surface area contributed by atoms with Crippen molar-refractivity contribution in [1.82, 2.24) is 0 Å². The Morgan fingerprint density at radius 3 is 1.64 bits per heavy atom. The van der Waals surface area contributed by atoms with Crippen LogP contribution in [0, 0.1) is 0 Å². The number of rotatable bonds is 20. The number of esters is 2. The fourth-order valence-corrected chi connectivity index (χ4v) is 3.36. The molecular weight excluding hydrogens is 352 g/mol. The van der Waals surface area contributed by atoms with Crippen molar-refractivity contribution in [2.45, 2.75) is 136 Å². The number of unbranched alkanes of at least 4 members (excludes halogenated alkanes) is 9. The minimum absolute atomic E-state index is 0.0591. The Morgan fingerprint density at radius 2 is 1.11 bits per heavy atom. The molecule has 0 aromatic heterocycles. The largest absolute Gasteiger partial charge is 0.466 e. The maximum absolute atomic E-state index is 11.9. The smallest absolute Gasteiger partial charge is 0.306 e. The fraction of sp³-hybridized carbons (Fsp3) is 0.917. The molecular formula is C24H46O4. The van der Waals surface area contributed by atoms with Crippen molar-refractivity contribution in [3.63, 3.8) is 0 Å². The van der Waals surface area contributed by atoms with Gasteiger partial charge in [-0.3, -0.25) is 9.59 Å². The Bertz CT molecular complexity index is 362. The Hall–Kier alpha value is -1.06. The maximum Gasteiger partial charge on any atom is 0.306 e. The minimum atomic E-state index is -0.136. The Balaban J connectivity index is 3.48. The summed E-state index contributed by atoms with van der Waals surface area (Å²) in [6.45, 7) is 6.99. The Morgan fingerprint density at radius 1 is 0.607 bits per heavy atom. The topological polar surface area (TPSA) is 52.6 Å². The summed E-state index contributed by atoms with van der Waals surface area (Å²) in [7, 11) is 0. The van der Waals surface area contributed by atoms with Crippen molar-refractivity contribution >= 4 is 11.9 Å². The molecule has 0 fully saturated rings. The lowest BCUT2D eigenvalue weighted by Crippen LogP contribution is -2.17. The Kier molecular flexibility index (Phi) is 19.9. The van der Waals surface area contributed by atoms with Crippen LogP contribution in [0.5, 0.6) is 0 Å². The molecule has 0 radical (unpaired) electrons. The van der Waals surface area contributed by atoms with Crippen molar-refractivity contribution in [2.75, 3.05) is 6.61 Å². The number of hydrogen-bond donors (Lipinski definition) is 0. The molecule has 0 spiro atoms. The van der Waals surface area contributed by atoms with Crippen LogP contribution in [0.1, 0.15) is 130 Å². The molecule has 0 aliphatic heterocycles. The van der Waals surface area contributed by atoms with E-state index in [1.54, 1.807) is 0 Å². The molecule has 28 heavy (non-hydrogen) atoms. The molecule has 0 atom stereocenters. The molecule has 0 aliphatic carbocycles. The van der Waals surface area contributed by atoms with Crippen molar-refractivity contribution in [3.05, 3.63) is 0 Å². The summed E-state index contributed by atoms with van der Waals surface area (Å²) in [6.07, 6.45) is 17.5. The highest BCUT2D eigenvalue weighted by Gasteiger charge is 2.13. The third kappa shape index (κ3) is 18.3. The third-order valence-corrected chi connectivity index (χ3v) is 5.04. The standard InChI is InChI=1S/C24H46O4/c1-4-7-8-9-10-11-12-13-16-21-27-23(25)19-14-15-20-24(26)28-22(17-5-2)18-6-3/h22H,4-21H2,1-3H3. The van der Waals surface area contributed by atoms with Gasteiger partial charge in [0.05, 0.1) is 6.61 Å². The van der Waals surface area contributed by atoms with Crippen molar-refractivity contribution in [1.29, 1.82) is 0 Å². The summed E-state index contributed by atoms with van der Waals surface area (Å²) in [5.41, 5.74) is 0. The van der Waals surface area contributed by atoms with Gasteiger partial charge < -0.3 is 9.47 Å². The van der Waals surface area contributed by atoms with Crippen LogP contribution in [-0.2, 0) is 19.1 Å². The van der Waals surface area contributed by atoms with Gasteiger partial charge in [0.25, 0.3) is 0 Å². The van der Waals surface area contributed by atoms with Gasteiger partial charge in [0.15, 0.2) is 0 Å². The van der Waals surface area contributed by atoms with Gasteiger partial charge in [-0.25, -0.2) is 0 Å². The first kappa shape index (κ1) is 26.9. The van der Waals surface area contributed by atoms with Crippen LogP contribution in [0.3, 0.4) is 0 Å². The highest BCUT2D eigenvalue weighted by molar-refractivity contribution is 5.70. The molecule has 0 N–H and O–H groups in total. The lowest BCUT2D eigenvalue weighted by atomic mass is 10.1. The first-order valence-corrected chi connectivity index (χ1v) is 12.0. The average molecular weight is 399 g/mol. The highest BCUT2D eigenvalue weighted by atomic mass is 16.5. The maximum atomic E-state index is 11.9. The number of carbonyl (C=O) groups is 2. The van der Waals surface area contributed by atoms with Gasteiger partial charge in [-0.1, -0.05) is 85.0 Å². The van der Waals surface area contributed by atoms with Crippen molar-refractivity contribution in [3.8, 4) is 0 Å². The molecule has 0 unspecified atom stereocenters.